The number of ketones is 1. The Balaban J connectivity index is 1.49. The van der Waals surface area contributed by atoms with E-state index in [4.69, 9.17) is 9.47 Å². The number of esters is 1. The van der Waals surface area contributed by atoms with Crippen LogP contribution in [0, 0.1) is 0 Å². The number of Topliss-reactive ketones (excluding diaryl/α,β-unsaturated/α-hetero) is 1. The molecule has 8 nitrogen and oxygen atoms in total. The van der Waals surface area contributed by atoms with E-state index in [2.05, 4.69) is 5.32 Å². The molecule has 8 heteroatoms. The van der Waals surface area contributed by atoms with Crippen molar-refractivity contribution in [3.8, 4) is 0 Å². The smallest absolute Gasteiger partial charge is 0.338 e. The number of benzene rings is 2. The van der Waals surface area contributed by atoms with E-state index in [1.165, 1.54) is 17.0 Å². The second-order valence-corrected chi connectivity index (χ2v) is 6.81. The molecule has 0 saturated carbocycles. The van der Waals surface area contributed by atoms with E-state index < -0.39 is 12.1 Å². The lowest BCUT2D eigenvalue weighted by Crippen LogP contribution is -2.46. The predicted molar refractivity (Wildman–Crippen MR) is 108 cm³/mol. The van der Waals surface area contributed by atoms with Gasteiger partial charge in [-0.1, -0.05) is 30.3 Å². The first-order chi connectivity index (χ1) is 14.4. The third-order valence-corrected chi connectivity index (χ3v) is 4.60. The van der Waals surface area contributed by atoms with Gasteiger partial charge in [0, 0.05) is 24.8 Å². The summed E-state index contributed by atoms with van der Waals surface area (Å²) in [4.78, 5) is 49.8. The Morgan fingerprint density at radius 1 is 1.07 bits per heavy atom. The lowest BCUT2D eigenvalue weighted by molar-refractivity contribution is -0.153. The molecule has 1 heterocycles. The largest absolute Gasteiger partial charge is 0.454 e. The summed E-state index contributed by atoms with van der Waals surface area (Å²) in [6.07, 6.45) is -0.880. The third-order valence-electron chi connectivity index (χ3n) is 4.60. The average molecular weight is 410 g/mol. The lowest BCUT2D eigenvalue weighted by atomic mass is 10.1. The summed E-state index contributed by atoms with van der Waals surface area (Å²) in [6, 6.07) is 14.6. The minimum absolute atomic E-state index is 0.0887. The lowest BCUT2D eigenvalue weighted by Gasteiger charge is -2.29. The van der Waals surface area contributed by atoms with Crippen LogP contribution in [0.15, 0.2) is 54.6 Å². The number of nitrogens with one attached hydrogen (secondary N) is 1. The maximum absolute atomic E-state index is 12.2. The van der Waals surface area contributed by atoms with Gasteiger partial charge in [-0.25, -0.2) is 4.79 Å². The molecule has 2 aromatic rings. The van der Waals surface area contributed by atoms with Crippen molar-refractivity contribution < 1.29 is 28.7 Å². The van der Waals surface area contributed by atoms with Gasteiger partial charge in [0.25, 0.3) is 5.91 Å². The molecule has 0 spiro atoms. The number of amides is 2. The number of anilines is 1. The summed E-state index contributed by atoms with van der Waals surface area (Å²) in [5, 5.41) is 2.67. The van der Waals surface area contributed by atoms with Gasteiger partial charge < -0.3 is 19.7 Å². The molecule has 0 aromatic heterocycles. The highest BCUT2D eigenvalue weighted by molar-refractivity contribution is 5.99. The van der Waals surface area contributed by atoms with E-state index >= 15 is 0 Å². The molecule has 0 bridgehead atoms. The van der Waals surface area contributed by atoms with Crippen molar-refractivity contribution in [2.24, 2.45) is 0 Å². The van der Waals surface area contributed by atoms with E-state index in [0.717, 1.165) is 0 Å². The van der Waals surface area contributed by atoms with Crippen LogP contribution >= 0.6 is 0 Å². The molecule has 0 aliphatic carbocycles. The molecule has 30 heavy (non-hydrogen) atoms. The summed E-state index contributed by atoms with van der Waals surface area (Å²) >= 11 is 0. The van der Waals surface area contributed by atoms with Crippen LogP contribution in [0.25, 0.3) is 0 Å². The fraction of sp³-hybridized carbons (Fsp3) is 0.273. The van der Waals surface area contributed by atoms with Crippen LogP contribution in [0.2, 0.25) is 0 Å². The van der Waals surface area contributed by atoms with Crippen LogP contribution in [0.1, 0.15) is 27.1 Å². The first kappa shape index (κ1) is 21.2. The van der Waals surface area contributed by atoms with Gasteiger partial charge in [-0.05, 0) is 24.3 Å². The number of likely N-dealkylation sites (N-methyl/N-ethyl adjacent to an activating group) is 1. The maximum Gasteiger partial charge on any atom is 0.338 e. The maximum atomic E-state index is 12.2. The fourth-order valence-corrected chi connectivity index (χ4v) is 2.90. The highest BCUT2D eigenvalue weighted by atomic mass is 16.5. The first-order valence-corrected chi connectivity index (χ1v) is 9.46. The molecule has 1 aliphatic rings. The topological polar surface area (TPSA) is 102 Å². The van der Waals surface area contributed by atoms with Crippen LogP contribution in [0.3, 0.4) is 0 Å². The number of carbonyl (C=O) groups excluding carboxylic acids is 4. The Kier molecular flexibility index (Phi) is 6.92. The number of hydrogen-bond donors (Lipinski definition) is 1. The standard InChI is InChI=1S/C22H22N2O6/c1-24-11-12-29-19(21(24)27)13-20(26)23-17-9-7-16(8-10-17)22(28)30-14-18(25)15-5-3-2-4-6-15/h2-10,19H,11-14H2,1H3,(H,23,26). The number of rotatable bonds is 7. The molecule has 1 unspecified atom stereocenters. The van der Waals surface area contributed by atoms with E-state index in [0.29, 0.717) is 24.4 Å². The summed E-state index contributed by atoms with van der Waals surface area (Å²) < 4.78 is 10.4. The highest BCUT2D eigenvalue weighted by Gasteiger charge is 2.29. The van der Waals surface area contributed by atoms with E-state index in [1.807, 2.05) is 0 Å². The van der Waals surface area contributed by atoms with Crippen molar-refractivity contribution in [1.82, 2.24) is 4.90 Å². The second-order valence-electron chi connectivity index (χ2n) is 6.81. The minimum Gasteiger partial charge on any atom is -0.454 e. The number of hydrogen-bond acceptors (Lipinski definition) is 6. The summed E-state index contributed by atoms with van der Waals surface area (Å²) in [5.74, 6) is -1.52. The monoisotopic (exact) mass is 410 g/mol. The van der Waals surface area contributed by atoms with Crippen molar-refractivity contribution in [1.29, 1.82) is 0 Å². The number of morpholine rings is 1. The van der Waals surface area contributed by atoms with Crippen molar-refractivity contribution in [2.75, 3.05) is 32.1 Å². The Labute approximate surface area is 173 Å². The van der Waals surface area contributed by atoms with Crippen molar-refractivity contribution >= 4 is 29.3 Å². The van der Waals surface area contributed by atoms with Gasteiger partial charge in [0.1, 0.15) is 6.10 Å². The van der Waals surface area contributed by atoms with Crippen molar-refractivity contribution in [3.05, 3.63) is 65.7 Å². The third kappa shape index (κ3) is 5.51. The molecular formula is C22H22N2O6. The summed E-state index contributed by atoms with van der Waals surface area (Å²) in [7, 11) is 1.67. The molecule has 3 rings (SSSR count). The molecule has 1 aliphatic heterocycles. The zero-order valence-electron chi connectivity index (χ0n) is 16.5. The van der Waals surface area contributed by atoms with Gasteiger partial charge in [-0.15, -0.1) is 0 Å². The van der Waals surface area contributed by atoms with Gasteiger partial charge in [0.15, 0.2) is 12.4 Å². The SMILES string of the molecule is CN1CCOC(CC(=O)Nc2ccc(C(=O)OCC(=O)c3ccccc3)cc2)C1=O. The first-order valence-electron chi connectivity index (χ1n) is 9.46. The predicted octanol–water partition coefficient (Wildman–Crippen LogP) is 1.91. The van der Waals surface area contributed by atoms with E-state index in [-0.39, 0.29) is 36.2 Å². The summed E-state index contributed by atoms with van der Waals surface area (Å²) in [5.41, 5.74) is 1.18. The van der Waals surface area contributed by atoms with Crippen LogP contribution in [0.4, 0.5) is 5.69 Å². The average Bonchev–Trinajstić information content (AvgIpc) is 2.76. The summed E-state index contributed by atoms with van der Waals surface area (Å²) in [6.45, 7) is 0.542. The molecule has 1 atom stereocenters. The van der Waals surface area contributed by atoms with Gasteiger partial charge in [0.2, 0.25) is 5.91 Å². The fourth-order valence-electron chi connectivity index (χ4n) is 2.90. The molecule has 156 valence electrons. The minimum atomic E-state index is -0.792. The van der Waals surface area contributed by atoms with Crippen LogP contribution < -0.4 is 5.32 Å². The van der Waals surface area contributed by atoms with Crippen molar-refractivity contribution in [2.45, 2.75) is 12.5 Å². The quantitative estimate of drug-likeness (QED) is 0.553. The Bertz CT molecular complexity index is 926. The molecule has 0 radical (unpaired) electrons. The van der Waals surface area contributed by atoms with E-state index in [9.17, 15) is 19.2 Å². The van der Waals surface area contributed by atoms with E-state index in [1.54, 1.807) is 49.5 Å². The molecular weight excluding hydrogens is 388 g/mol. The Morgan fingerprint density at radius 3 is 2.47 bits per heavy atom. The Morgan fingerprint density at radius 2 is 1.77 bits per heavy atom. The van der Waals surface area contributed by atoms with Gasteiger partial charge in [-0.2, -0.15) is 0 Å². The number of ether oxygens (including phenoxy) is 2. The molecule has 1 N–H and O–H groups in total. The van der Waals surface area contributed by atoms with Gasteiger partial charge in [0.05, 0.1) is 18.6 Å². The zero-order valence-corrected chi connectivity index (χ0v) is 16.5. The molecule has 1 fully saturated rings. The zero-order chi connectivity index (χ0) is 21.5. The Hall–Kier alpha value is -3.52. The number of nitrogens with zero attached hydrogens (tertiary/aromatic N) is 1. The molecule has 2 amide bonds. The second kappa shape index (κ2) is 9.80. The van der Waals surface area contributed by atoms with Crippen molar-refractivity contribution in [3.63, 3.8) is 0 Å². The molecule has 1 saturated heterocycles. The van der Waals surface area contributed by atoms with Crippen LogP contribution in [-0.2, 0) is 19.1 Å². The number of carbonyl (C=O) groups is 4. The highest BCUT2D eigenvalue weighted by Crippen LogP contribution is 2.14. The van der Waals surface area contributed by atoms with Gasteiger partial charge in [-0.3, -0.25) is 14.4 Å². The van der Waals surface area contributed by atoms with Crippen LogP contribution in [-0.4, -0.2) is 61.4 Å². The molecule has 2 aromatic carbocycles. The van der Waals surface area contributed by atoms with Crippen LogP contribution in [0.5, 0.6) is 0 Å². The van der Waals surface area contributed by atoms with Gasteiger partial charge >= 0.3 is 5.97 Å². The normalized spacial score (nSPS) is 16.1.